The number of esters is 1. The standard InChI is InChI=1S/C19H19N3O2S/c1-13-7-9-15(10-8-13)17-20-21-19(22(17)2)25-12-14-5-4-6-16(11-14)18(23)24-3/h4-11H,12H2,1-3H3. The molecule has 0 spiro atoms. The van der Waals surface area contributed by atoms with E-state index < -0.39 is 0 Å². The molecule has 0 N–H and O–H groups in total. The molecule has 25 heavy (non-hydrogen) atoms. The Morgan fingerprint density at radius 3 is 2.64 bits per heavy atom. The maximum absolute atomic E-state index is 11.6. The Bertz CT molecular complexity index is 888. The highest BCUT2D eigenvalue weighted by molar-refractivity contribution is 7.98. The van der Waals surface area contributed by atoms with Crippen LogP contribution in [0.3, 0.4) is 0 Å². The fourth-order valence-electron chi connectivity index (χ4n) is 2.45. The van der Waals surface area contributed by atoms with Crippen LogP contribution in [-0.4, -0.2) is 27.8 Å². The van der Waals surface area contributed by atoms with Gasteiger partial charge in [-0.05, 0) is 24.6 Å². The summed E-state index contributed by atoms with van der Waals surface area (Å²) in [5.74, 6) is 1.21. The van der Waals surface area contributed by atoms with E-state index in [1.54, 1.807) is 17.8 Å². The van der Waals surface area contributed by atoms with Crippen LogP contribution in [-0.2, 0) is 17.5 Å². The molecule has 1 heterocycles. The second kappa shape index (κ2) is 7.53. The van der Waals surface area contributed by atoms with Gasteiger partial charge in [0.15, 0.2) is 11.0 Å². The molecule has 0 aliphatic carbocycles. The number of ether oxygens (including phenoxy) is 1. The third-order valence-corrected chi connectivity index (χ3v) is 4.95. The van der Waals surface area contributed by atoms with Gasteiger partial charge in [-0.15, -0.1) is 10.2 Å². The molecular formula is C19H19N3O2S. The van der Waals surface area contributed by atoms with E-state index >= 15 is 0 Å². The summed E-state index contributed by atoms with van der Waals surface area (Å²) in [6.45, 7) is 2.06. The number of benzene rings is 2. The maximum atomic E-state index is 11.6. The van der Waals surface area contributed by atoms with Gasteiger partial charge in [-0.1, -0.05) is 53.7 Å². The van der Waals surface area contributed by atoms with Crippen molar-refractivity contribution in [3.8, 4) is 11.4 Å². The molecule has 2 aromatic carbocycles. The van der Waals surface area contributed by atoms with Crippen molar-refractivity contribution >= 4 is 17.7 Å². The van der Waals surface area contributed by atoms with Crippen LogP contribution < -0.4 is 0 Å². The lowest BCUT2D eigenvalue weighted by molar-refractivity contribution is 0.0600. The first-order chi connectivity index (χ1) is 12.1. The lowest BCUT2D eigenvalue weighted by Crippen LogP contribution is -2.01. The van der Waals surface area contributed by atoms with Crippen molar-refractivity contribution < 1.29 is 9.53 Å². The van der Waals surface area contributed by atoms with Crippen LogP contribution >= 0.6 is 11.8 Å². The quantitative estimate of drug-likeness (QED) is 0.515. The van der Waals surface area contributed by atoms with E-state index in [9.17, 15) is 4.79 Å². The van der Waals surface area contributed by atoms with Crippen molar-refractivity contribution in [3.63, 3.8) is 0 Å². The van der Waals surface area contributed by atoms with Crippen molar-refractivity contribution in [2.75, 3.05) is 7.11 Å². The third-order valence-electron chi connectivity index (χ3n) is 3.86. The highest BCUT2D eigenvalue weighted by Crippen LogP contribution is 2.25. The van der Waals surface area contributed by atoms with E-state index in [1.165, 1.54) is 12.7 Å². The summed E-state index contributed by atoms with van der Waals surface area (Å²) < 4.78 is 6.75. The van der Waals surface area contributed by atoms with Gasteiger partial charge >= 0.3 is 5.97 Å². The molecule has 1 aromatic heterocycles. The lowest BCUT2D eigenvalue weighted by Gasteiger charge is -2.05. The first-order valence-corrected chi connectivity index (χ1v) is 8.83. The lowest BCUT2D eigenvalue weighted by atomic mass is 10.1. The maximum Gasteiger partial charge on any atom is 0.337 e. The molecule has 3 aromatic rings. The molecule has 128 valence electrons. The number of hydrogen-bond donors (Lipinski definition) is 0. The zero-order chi connectivity index (χ0) is 17.8. The van der Waals surface area contributed by atoms with Gasteiger partial charge in [0.2, 0.25) is 0 Å². The molecule has 0 saturated carbocycles. The summed E-state index contributed by atoms with van der Waals surface area (Å²) >= 11 is 1.58. The third kappa shape index (κ3) is 3.91. The molecule has 3 rings (SSSR count). The number of methoxy groups -OCH3 is 1. The van der Waals surface area contributed by atoms with Gasteiger partial charge in [-0.25, -0.2) is 4.79 Å². The number of thioether (sulfide) groups is 1. The molecule has 0 unspecified atom stereocenters. The Morgan fingerprint density at radius 1 is 1.16 bits per heavy atom. The highest BCUT2D eigenvalue weighted by atomic mass is 32.2. The minimum Gasteiger partial charge on any atom is -0.465 e. The molecule has 6 heteroatoms. The summed E-state index contributed by atoms with van der Waals surface area (Å²) in [5.41, 5.74) is 3.85. The van der Waals surface area contributed by atoms with Crippen LogP contribution in [0.4, 0.5) is 0 Å². The number of carbonyl (C=O) groups is 1. The molecular weight excluding hydrogens is 334 g/mol. The summed E-state index contributed by atoms with van der Waals surface area (Å²) in [4.78, 5) is 11.6. The Kier molecular flexibility index (Phi) is 5.19. The Labute approximate surface area is 151 Å². The summed E-state index contributed by atoms with van der Waals surface area (Å²) in [6.07, 6.45) is 0. The van der Waals surface area contributed by atoms with E-state index in [1.807, 2.05) is 41.9 Å². The Hall–Kier alpha value is -2.60. The molecule has 0 aliphatic heterocycles. The number of hydrogen-bond acceptors (Lipinski definition) is 5. The number of rotatable bonds is 5. The first kappa shape index (κ1) is 17.2. The van der Waals surface area contributed by atoms with E-state index in [0.29, 0.717) is 11.3 Å². The van der Waals surface area contributed by atoms with Gasteiger partial charge in [0, 0.05) is 18.4 Å². The topological polar surface area (TPSA) is 57.0 Å². The molecule has 0 atom stereocenters. The molecule has 0 bridgehead atoms. The molecule has 0 fully saturated rings. The van der Waals surface area contributed by atoms with E-state index in [-0.39, 0.29) is 5.97 Å². The molecule has 0 radical (unpaired) electrons. The van der Waals surface area contributed by atoms with Gasteiger partial charge in [0.05, 0.1) is 12.7 Å². The molecule has 5 nitrogen and oxygen atoms in total. The van der Waals surface area contributed by atoms with Crippen LogP contribution in [0.25, 0.3) is 11.4 Å². The van der Waals surface area contributed by atoms with Gasteiger partial charge in [0.25, 0.3) is 0 Å². The SMILES string of the molecule is COC(=O)c1cccc(CSc2nnc(-c3ccc(C)cc3)n2C)c1. The zero-order valence-corrected chi connectivity index (χ0v) is 15.2. The number of aromatic nitrogens is 3. The van der Waals surface area contributed by atoms with Crippen molar-refractivity contribution in [2.24, 2.45) is 7.05 Å². The van der Waals surface area contributed by atoms with E-state index in [0.717, 1.165) is 22.1 Å². The molecule has 0 aliphatic rings. The van der Waals surface area contributed by atoms with Crippen molar-refractivity contribution in [1.82, 2.24) is 14.8 Å². The van der Waals surface area contributed by atoms with Crippen LogP contribution in [0, 0.1) is 6.92 Å². The first-order valence-electron chi connectivity index (χ1n) is 7.85. The minimum atomic E-state index is -0.327. The largest absolute Gasteiger partial charge is 0.465 e. The van der Waals surface area contributed by atoms with Crippen LogP contribution in [0.5, 0.6) is 0 Å². The Balaban J connectivity index is 1.74. The summed E-state index contributed by atoms with van der Waals surface area (Å²) in [5, 5.41) is 9.43. The van der Waals surface area contributed by atoms with Gasteiger partial charge < -0.3 is 9.30 Å². The van der Waals surface area contributed by atoms with Crippen molar-refractivity contribution in [2.45, 2.75) is 17.8 Å². The molecule has 0 saturated heterocycles. The Morgan fingerprint density at radius 2 is 1.92 bits per heavy atom. The molecule has 0 amide bonds. The van der Waals surface area contributed by atoms with Crippen LogP contribution in [0.2, 0.25) is 0 Å². The fourth-order valence-corrected chi connectivity index (χ4v) is 3.30. The van der Waals surface area contributed by atoms with E-state index in [4.69, 9.17) is 4.74 Å². The zero-order valence-electron chi connectivity index (χ0n) is 14.4. The monoisotopic (exact) mass is 353 g/mol. The average Bonchev–Trinajstić information content (AvgIpc) is 3.01. The second-order valence-corrected chi connectivity index (χ2v) is 6.65. The van der Waals surface area contributed by atoms with Gasteiger partial charge in [-0.2, -0.15) is 0 Å². The minimum absolute atomic E-state index is 0.327. The summed E-state index contributed by atoms with van der Waals surface area (Å²) in [7, 11) is 3.35. The number of nitrogens with zero attached hydrogens (tertiary/aromatic N) is 3. The second-order valence-electron chi connectivity index (χ2n) is 5.71. The van der Waals surface area contributed by atoms with E-state index in [2.05, 4.69) is 29.3 Å². The summed E-state index contributed by atoms with van der Waals surface area (Å²) in [6, 6.07) is 15.7. The van der Waals surface area contributed by atoms with Gasteiger partial charge in [0.1, 0.15) is 0 Å². The fraction of sp³-hybridized carbons (Fsp3) is 0.211. The van der Waals surface area contributed by atoms with Crippen molar-refractivity contribution in [1.29, 1.82) is 0 Å². The predicted molar refractivity (Wildman–Crippen MR) is 98.5 cm³/mol. The smallest absolute Gasteiger partial charge is 0.337 e. The number of carbonyl (C=O) groups excluding carboxylic acids is 1. The van der Waals surface area contributed by atoms with Gasteiger partial charge in [-0.3, -0.25) is 0 Å². The van der Waals surface area contributed by atoms with Crippen molar-refractivity contribution in [3.05, 3.63) is 65.2 Å². The van der Waals surface area contributed by atoms with Crippen LogP contribution in [0.1, 0.15) is 21.5 Å². The highest BCUT2D eigenvalue weighted by Gasteiger charge is 2.12. The predicted octanol–water partition coefficient (Wildman–Crippen LogP) is 3.87. The normalized spacial score (nSPS) is 10.7. The van der Waals surface area contributed by atoms with Crippen LogP contribution in [0.15, 0.2) is 53.7 Å². The average molecular weight is 353 g/mol. The number of aryl methyl sites for hydroxylation is 1.